The van der Waals surface area contributed by atoms with Gasteiger partial charge < -0.3 is 10.0 Å². The zero-order valence-electron chi connectivity index (χ0n) is 27.9. The van der Waals surface area contributed by atoms with E-state index in [-0.39, 0.29) is 11.5 Å². The summed E-state index contributed by atoms with van der Waals surface area (Å²) in [7, 11) is -2.59. The van der Waals surface area contributed by atoms with Crippen molar-refractivity contribution in [3.8, 4) is 0 Å². The number of nitrogens with zero attached hydrogens (tertiary/aromatic N) is 2. The lowest BCUT2D eigenvalue weighted by atomic mass is 9.69. The maximum Gasteiger partial charge on any atom is 0.316 e. The summed E-state index contributed by atoms with van der Waals surface area (Å²) in [6.45, 7) is 3.75. The molecule has 49 heavy (non-hydrogen) atoms. The highest BCUT2D eigenvalue weighted by Gasteiger charge is 2.33. The summed E-state index contributed by atoms with van der Waals surface area (Å²) in [5.74, 6) is 0.0621. The van der Waals surface area contributed by atoms with Crippen LogP contribution in [-0.4, -0.2) is 43.8 Å². The van der Waals surface area contributed by atoms with Crippen molar-refractivity contribution in [2.75, 3.05) is 29.2 Å². The summed E-state index contributed by atoms with van der Waals surface area (Å²) in [6.07, 6.45) is 21.8. The Morgan fingerprint density at radius 2 is 1.86 bits per heavy atom. The normalized spacial score (nSPS) is 24.2. The van der Waals surface area contributed by atoms with Crippen molar-refractivity contribution >= 4 is 72.6 Å². The molecule has 254 valence electrons. The number of anilines is 1. The second-order valence-electron chi connectivity index (χ2n) is 13.9. The number of carboxylic acid groups (broad SMARTS) is 1. The monoisotopic (exact) mass is 729 g/mol. The van der Waals surface area contributed by atoms with Crippen molar-refractivity contribution in [3.05, 3.63) is 98.1 Å². The van der Waals surface area contributed by atoms with Crippen LogP contribution in [0.1, 0.15) is 54.7 Å². The summed E-state index contributed by atoms with van der Waals surface area (Å²) in [5.41, 5.74) is 10.9. The molecule has 6 nitrogen and oxygen atoms in total. The highest BCUT2D eigenvalue weighted by Crippen LogP contribution is 2.49. The fourth-order valence-electron chi connectivity index (χ4n) is 8.16. The van der Waals surface area contributed by atoms with Crippen LogP contribution < -0.4 is 9.47 Å². The lowest BCUT2D eigenvalue weighted by molar-refractivity contribution is -0.671. The molecule has 4 unspecified atom stereocenters. The SMILES string of the molecule is Cc1cc2c3c(c1)sc(/C=C1/C=C4C=C5C=C(/C=C6\Sc7ccc(S(C)=O)cc7N6CCS(=O)CC(=O)O)CCC5CC4CC1)[n+]3CCC2. The Labute approximate surface area is 301 Å². The van der Waals surface area contributed by atoms with Gasteiger partial charge in [-0.25, -0.2) is 0 Å². The first-order valence-electron chi connectivity index (χ1n) is 17.2. The first kappa shape index (κ1) is 33.1. The van der Waals surface area contributed by atoms with E-state index in [0.29, 0.717) is 18.4 Å². The van der Waals surface area contributed by atoms with E-state index in [1.807, 2.05) is 29.5 Å². The van der Waals surface area contributed by atoms with Gasteiger partial charge in [-0.1, -0.05) is 41.3 Å². The van der Waals surface area contributed by atoms with Crippen LogP contribution in [0.3, 0.4) is 0 Å². The van der Waals surface area contributed by atoms with Crippen LogP contribution in [0, 0.1) is 18.8 Å². The summed E-state index contributed by atoms with van der Waals surface area (Å²) < 4.78 is 28.8. The molecule has 5 aliphatic rings. The predicted octanol–water partition coefficient (Wildman–Crippen LogP) is 7.85. The quantitative estimate of drug-likeness (QED) is 0.238. The molecule has 4 atom stereocenters. The maximum absolute atomic E-state index is 12.5. The molecule has 0 spiro atoms. The third-order valence-corrected chi connectivity index (χ3v) is 14.8. The van der Waals surface area contributed by atoms with Gasteiger partial charge in [-0.15, -0.1) is 0 Å². The Balaban J connectivity index is 1.08. The number of fused-ring (bicyclic) bond motifs is 3. The molecule has 0 amide bonds. The standard InChI is InChI=1S/C39H40N2O4S4/c1-24-14-29-4-3-11-41-37(47-35(15-24)39(29)41)19-26-6-8-28-20-27-7-5-25(16-30(27)21-31(28)17-26)18-36-40(12-13-49(45)23-38(42)43)33-22-32(48(2)44)9-10-34(33)46-36/h9-10,14-19,21-22,27-28H,3-8,11-13,20,23H2,1-2H3/p+1. The minimum Gasteiger partial charge on any atom is -0.481 e. The fourth-order valence-corrected chi connectivity index (χ4v) is 12.0. The number of carboxylic acids is 1. The molecule has 8 rings (SSSR count). The predicted molar refractivity (Wildman–Crippen MR) is 203 cm³/mol. The third kappa shape index (κ3) is 6.74. The molecular formula is C39H41N2O4S4+. The van der Waals surface area contributed by atoms with Crippen molar-refractivity contribution < 1.29 is 22.9 Å². The van der Waals surface area contributed by atoms with Gasteiger partial charge in [-0.2, -0.15) is 4.57 Å². The molecule has 3 aliphatic carbocycles. The first-order chi connectivity index (χ1) is 23.7. The maximum atomic E-state index is 12.5. The van der Waals surface area contributed by atoms with E-state index >= 15 is 0 Å². The van der Waals surface area contributed by atoms with Crippen molar-refractivity contribution in [1.29, 1.82) is 0 Å². The van der Waals surface area contributed by atoms with Gasteiger partial charge in [0.25, 0.3) is 5.01 Å². The lowest BCUT2D eigenvalue weighted by Crippen LogP contribution is -2.38. The molecule has 0 radical (unpaired) electrons. The van der Waals surface area contributed by atoms with Crippen LogP contribution in [0.25, 0.3) is 16.3 Å². The van der Waals surface area contributed by atoms with Gasteiger partial charge in [-0.3, -0.25) is 13.2 Å². The lowest BCUT2D eigenvalue weighted by Gasteiger charge is -2.36. The van der Waals surface area contributed by atoms with Gasteiger partial charge in [0.2, 0.25) is 5.52 Å². The number of rotatable bonds is 8. The number of thiazole rings is 1. The van der Waals surface area contributed by atoms with Crippen LogP contribution in [0.15, 0.2) is 91.7 Å². The Hall–Kier alpha value is -3.05. The second-order valence-corrected chi connectivity index (χ2v) is 19.0. The number of aryl methyl sites for hydroxylation is 3. The zero-order chi connectivity index (χ0) is 33.8. The number of aliphatic carboxylic acids is 1. The van der Waals surface area contributed by atoms with E-state index in [1.165, 1.54) is 74.3 Å². The molecule has 0 saturated heterocycles. The van der Waals surface area contributed by atoms with Crippen LogP contribution in [0.5, 0.6) is 0 Å². The smallest absolute Gasteiger partial charge is 0.316 e. The summed E-state index contributed by atoms with van der Waals surface area (Å²) >= 11 is 3.62. The van der Waals surface area contributed by atoms with Crippen molar-refractivity contribution in [3.63, 3.8) is 0 Å². The number of thioether (sulfide) groups is 1. The van der Waals surface area contributed by atoms with Crippen LogP contribution in [0.4, 0.5) is 5.69 Å². The zero-order valence-corrected chi connectivity index (χ0v) is 31.2. The molecular weight excluding hydrogens is 689 g/mol. The van der Waals surface area contributed by atoms with Gasteiger partial charge in [0, 0.05) is 68.0 Å². The first-order valence-corrected chi connectivity index (χ1v) is 21.9. The van der Waals surface area contributed by atoms with Crippen LogP contribution in [-0.2, 0) is 39.4 Å². The number of hydrogen-bond donors (Lipinski definition) is 1. The minimum atomic E-state index is -1.46. The number of hydrogen-bond acceptors (Lipinski definition) is 6. The van der Waals surface area contributed by atoms with Gasteiger partial charge in [0.15, 0.2) is 6.54 Å². The molecule has 0 fully saturated rings. The number of benzene rings is 2. The molecule has 0 saturated carbocycles. The van der Waals surface area contributed by atoms with E-state index < -0.39 is 27.6 Å². The molecule has 1 aromatic heterocycles. The summed E-state index contributed by atoms with van der Waals surface area (Å²) in [4.78, 5) is 15.1. The van der Waals surface area contributed by atoms with Crippen molar-refractivity contribution in [1.82, 2.24) is 0 Å². The Morgan fingerprint density at radius 1 is 1.04 bits per heavy atom. The summed E-state index contributed by atoms with van der Waals surface area (Å²) in [6, 6.07) is 10.6. The highest BCUT2D eigenvalue weighted by atomic mass is 32.2. The molecule has 1 N–H and O–H groups in total. The largest absolute Gasteiger partial charge is 0.481 e. The average molecular weight is 730 g/mol. The molecule has 0 bridgehead atoms. The highest BCUT2D eigenvalue weighted by molar-refractivity contribution is 8.03. The van der Waals surface area contributed by atoms with E-state index in [2.05, 4.69) is 58.9 Å². The summed E-state index contributed by atoms with van der Waals surface area (Å²) in [5, 5.41) is 11.6. The number of carbonyl (C=O) groups is 1. The topological polar surface area (TPSA) is 78.6 Å². The van der Waals surface area contributed by atoms with E-state index in [1.54, 1.807) is 18.0 Å². The second kappa shape index (κ2) is 13.6. The van der Waals surface area contributed by atoms with Crippen molar-refractivity contribution in [2.24, 2.45) is 11.8 Å². The Bertz CT molecular complexity index is 2100. The molecule has 10 heteroatoms. The number of aromatic nitrogens is 1. The minimum absolute atomic E-state index is 0.253. The fraction of sp³-hybridized carbons (Fsp3) is 0.385. The van der Waals surface area contributed by atoms with Gasteiger partial charge >= 0.3 is 5.97 Å². The number of allylic oxidation sites excluding steroid dienone is 8. The van der Waals surface area contributed by atoms with E-state index in [4.69, 9.17) is 5.11 Å². The van der Waals surface area contributed by atoms with Crippen LogP contribution in [0.2, 0.25) is 0 Å². The van der Waals surface area contributed by atoms with Crippen LogP contribution >= 0.6 is 23.1 Å². The van der Waals surface area contributed by atoms with E-state index in [0.717, 1.165) is 46.3 Å². The third-order valence-electron chi connectivity index (χ3n) is 10.5. The molecule has 2 aliphatic heterocycles. The molecule has 3 heterocycles. The van der Waals surface area contributed by atoms with Gasteiger partial charge in [-0.05, 0) is 122 Å². The Kier molecular flexibility index (Phi) is 9.18. The molecule has 3 aromatic rings. The Morgan fingerprint density at radius 3 is 2.67 bits per heavy atom. The average Bonchev–Trinajstić information content (AvgIpc) is 3.59. The van der Waals surface area contributed by atoms with E-state index in [9.17, 15) is 13.2 Å². The van der Waals surface area contributed by atoms with Gasteiger partial charge in [0.05, 0.1) is 10.7 Å². The molecule has 2 aromatic carbocycles. The van der Waals surface area contributed by atoms with Gasteiger partial charge in [0.1, 0.15) is 10.5 Å². The van der Waals surface area contributed by atoms with Crippen molar-refractivity contribution in [2.45, 2.75) is 68.2 Å².